The highest BCUT2D eigenvalue weighted by Gasteiger charge is 2.07. The molecule has 0 aliphatic rings. The van der Waals surface area contributed by atoms with Gasteiger partial charge in [-0.3, -0.25) is 4.79 Å². The first-order valence-electron chi connectivity index (χ1n) is 7.66. The Morgan fingerprint density at radius 2 is 1.45 bits per heavy atom. The first kappa shape index (κ1) is 18.7. The molecule has 20 heavy (non-hydrogen) atoms. The maximum Gasteiger partial charge on any atom is 0.349 e. The molecule has 116 valence electrons. The van der Waals surface area contributed by atoms with Gasteiger partial charge in [-0.1, -0.05) is 64.9 Å². The average molecular weight is 284 g/mol. The minimum absolute atomic E-state index is 0.331. The van der Waals surface area contributed by atoms with Gasteiger partial charge < -0.3 is 9.47 Å². The molecule has 0 aliphatic carbocycles. The minimum atomic E-state index is -0.597. The average Bonchev–Trinajstić information content (AvgIpc) is 2.43. The summed E-state index contributed by atoms with van der Waals surface area (Å²) in [4.78, 5) is 22.2. The molecule has 0 unspecified atom stereocenters. The number of ether oxygens (including phenoxy) is 2. The van der Waals surface area contributed by atoms with Crippen molar-refractivity contribution in [3.63, 3.8) is 0 Å². The van der Waals surface area contributed by atoms with Crippen molar-refractivity contribution in [2.24, 2.45) is 0 Å². The van der Waals surface area contributed by atoms with Gasteiger partial charge in [0.05, 0.1) is 6.26 Å². The van der Waals surface area contributed by atoms with Gasteiger partial charge in [0.1, 0.15) is 0 Å². The molecule has 0 aliphatic heterocycles. The van der Waals surface area contributed by atoms with Crippen LogP contribution in [0.5, 0.6) is 0 Å². The third-order valence-corrected chi connectivity index (χ3v) is 3.05. The highest BCUT2D eigenvalue weighted by Crippen LogP contribution is 2.10. The summed E-state index contributed by atoms with van der Waals surface area (Å²) >= 11 is 0. The molecule has 0 fully saturated rings. The normalized spacial score (nSPS) is 10.1. The van der Waals surface area contributed by atoms with Crippen molar-refractivity contribution in [3.05, 3.63) is 12.8 Å². The summed E-state index contributed by atoms with van der Waals surface area (Å²) in [5.41, 5.74) is 0. The fourth-order valence-corrected chi connectivity index (χ4v) is 1.92. The molecular formula is C16H28O4. The van der Waals surface area contributed by atoms with E-state index in [1.54, 1.807) is 0 Å². The topological polar surface area (TPSA) is 52.6 Å². The van der Waals surface area contributed by atoms with Crippen LogP contribution in [0, 0.1) is 0 Å². The quantitative estimate of drug-likeness (QED) is 0.290. The summed E-state index contributed by atoms with van der Waals surface area (Å²) in [7, 11) is 0. The van der Waals surface area contributed by atoms with Crippen LogP contribution in [0.1, 0.15) is 71.1 Å². The van der Waals surface area contributed by atoms with E-state index in [0.29, 0.717) is 6.42 Å². The number of rotatable bonds is 13. The van der Waals surface area contributed by atoms with Crippen LogP contribution in [0.15, 0.2) is 12.8 Å². The summed E-state index contributed by atoms with van der Waals surface area (Å²) in [6.07, 6.45) is 12.2. The molecule has 0 rings (SSSR count). The number of hydrogen-bond donors (Lipinski definition) is 0. The molecule has 0 heterocycles. The van der Waals surface area contributed by atoms with Gasteiger partial charge in [-0.2, -0.15) is 0 Å². The van der Waals surface area contributed by atoms with Crippen LogP contribution < -0.4 is 0 Å². The maximum atomic E-state index is 11.3. The van der Waals surface area contributed by atoms with Crippen molar-refractivity contribution in [2.75, 3.05) is 6.61 Å². The first-order valence-corrected chi connectivity index (χ1v) is 7.66. The van der Waals surface area contributed by atoms with Gasteiger partial charge in [0.15, 0.2) is 6.61 Å². The monoisotopic (exact) mass is 284 g/mol. The maximum absolute atomic E-state index is 11.3. The Kier molecular flexibility index (Phi) is 13.2. The SMILES string of the molecule is C=COC(=O)COC(=O)CCCCCCCCCCC. The van der Waals surface area contributed by atoms with E-state index in [-0.39, 0.29) is 12.6 Å². The molecule has 0 aromatic rings. The second kappa shape index (κ2) is 14.1. The highest BCUT2D eigenvalue weighted by molar-refractivity contribution is 5.76. The van der Waals surface area contributed by atoms with Crippen LogP contribution in [-0.2, 0) is 19.1 Å². The van der Waals surface area contributed by atoms with E-state index in [1.165, 1.54) is 38.5 Å². The van der Waals surface area contributed by atoms with E-state index in [4.69, 9.17) is 4.74 Å². The summed E-state index contributed by atoms with van der Waals surface area (Å²) in [6, 6.07) is 0. The lowest BCUT2D eigenvalue weighted by Gasteiger charge is -2.04. The Morgan fingerprint density at radius 3 is 2.00 bits per heavy atom. The molecule has 4 heteroatoms. The zero-order valence-electron chi connectivity index (χ0n) is 12.7. The van der Waals surface area contributed by atoms with Gasteiger partial charge >= 0.3 is 11.9 Å². The molecule has 0 saturated heterocycles. The molecule has 0 spiro atoms. The molecule has 0 aromatic carbocycles. The van der Waals surface area contributed by atoms with Gasteiger partial charge in [-0.15, -0.1) is 0 Å². The third kappa shape index (κ3) is 13.1. The van der Waals surface area contributed by atoms with Gasteiger partial charge in [0, 0.05) is 6.42 Å². The van der Waals surface area contributed by atoms with Gasteiger partial charge in [0.2, 0.25) is 0 Å². The zero-order chi connectivity index (χ0) is 15.1. The number of esters is 2. The number of carbonyl (C=O) groups is 2. The molecule has 0 radical (unpaired) electrons. The van der Waals surface area contributed by atoms with Gasteiger partial charge in [-0.25, -0.2) is 4.79 Å². The summed E-state index contributed by atoms with van der Waals surface area (Å²) in [6.45, 7) is 5.13. The van der Waals surface area contributed by atoms with Crippen molar-refractivity contribution >= 4 is 11.9 Å². The predicted molar refractivity (Wildman–Crippen MR) is 79.1 cm³/mol. The van der Waals surface area contributed by atoms with Crippen molar-refractivity contribution in [1.82, 2.24) is 0 Å². The fourth-order valence-electron chi connectivity index (χ4n) is 1.92. The largest absolute Gasteiger partial charge is 0.454 e. The van der Waals surface area contributed by atoms with Gasteiger partial charge in [0.25, 0.3) is 0 Å². The molecular weight excluding hydrogens is 256 g/mol. The Morgan fingerprint density at radius 1 is 0.900 bits per heavy atom. The van der Waals surface area contributed by atoms with Crippen LogP contribution in [-0.4, -0.2) is 18.5 Å². The van der Waals surface area contributed by atoms with Crippen molar-refractivity contribution in [1.29, 1.82) is 0 Å². The first-order chi connectivity index (χ1) is 9.70. The zero-order valence-corrected chi connectivity index (χ0v) is 12.7. The van der Waals surface area contributed by atoms with Crippen LogP contribution in [0.4, 0.5) is 0 Å². The summed E-state index contributed by atoms with van der Waals surface area (Å²) in [5.74, 6) is -0.936. The Balaban J connectivity index is 3.27. The molecule has 4 nitrogen and oxygen atoms in total. The van der Waals surface area contributed by atoms with E-state index >= 15 is 0 Å². The Bertz CT molecular complexity index is 274. The Labute approximate surface area is 122 Å². The van der Waals surface area contributed by atoms with E-state index in [1.807, 2.05) is 0 Å². The fraction of sp³-hybridized carbons (Fsp3) is 0.750. The highest BCUT2D eigenvalue weighted by atomic mass is 16.6. The predicted octanol–water partition coefficient (Wildman–Crippen LogP) is 4.14. The second-order valence-corrected chi connectivity index (χ2v) is 4.90. The minimum Gasteiger partial charge on any atom is -0.454 e. The molecule has 0 atom stereocenters. The van der Waals surface area contributed by atoms with E-state index < -0.39 is 5.97 Å². The standard InChI is InChI=1S/C16H28O4/c1-3-5-6-7-8-9-10-11-12-13-15(17)20-14-16(18)19-4-2/h4H,2-3,5-14H2,1H3. The number of unbranched alkanes of at least 4 members (excludes halogenated alkanes) is 8. The lowest BCUT2D eigenvalue weighted by molar-refractivity contribution is -0.155. The van der Waals surface area contributed by atoms with Crippen LogP contribution >= 0.6 is 0 Å². The number of hydrogen-bond acceptors (Lipinski definition) is 4. The van der Waals surface area contributed by atoms with E-state index in [2.05, 4.69) is 18.2 Å². The van der Waals surface area contributed by atoms with Crippen molar-refractivity contribution in [3.8, 4) is 0 Å². The third-order valence-electron chi connectivity index (χ3n) is 3.05. The molecule has 0 saturated carbocycles. The summed E-state index contributed by atoms with van der Waals surface area (Å²) < 4.78 is 9.20. The van der Waals surface area contributed by atoms with Crippen LogP contribution in [0.25, 0.3) is 0 Å². The lowest BCUT2D eigenvalue weighted by atomic mass is 10.1. The number of carbonyl (C=O) groups excluding carboxylic acids is 2. The Hall–Kier alpha value is -1.32. The lowest BCUT2D eigenvalue weighted by Crippen LogP contribution is -2.14. The molecule has 0 amide bonds. The summed E-state index contributed by atoms with van der Waals surface area (Å²) in [5, 5.41) is 0. The van der Waals surface area contributed by atoms with Crippen molar-refractivity contribution < 1.29 is 19.1 Å². The van der Waals surface area contributed by atoms with Crippen LogP contribution in [0.3, 0.4) is 0 Å². The smallest absolute Gasteiger partial charge is 0.349 e. The van der Waals surface area contributed by atoms with E-state index in [9.17, 15) is 9.59 Å². The molecule has 0 bridgehead atoms. The van der Waals surface area contributed by atoms with Gasteiger partial charge in [-0.05, 0) is 6.42 Å². The molecule has 0 N–H and O–H groups in total. The van der Waals surface area contributed by atoms with E-state index in [0.717, 1.165) is 25.5 Å². The second-order valence-electron chi connectivity index (χ2n) is 4.90. The molecule has 0 aromatic heterocycles. The van der Waals surface area contributed by atoms with Crippen LogP contribution in [0.2, 0.25) is 0 Å². The van der Waals surface area contributed by atoms with Crippen molar-refractivity contribution in [2.45, 2.75) is 71.1 Å².